The topological polar surface area (TPSA) is 25.4 Å². The predicted octanol–water partition coefficient (Wildman–Crippen LogP) is 2.91. The Morgan fingerprint density at radius 1 is 1.28 bits per heavy atom. The number of alkyl halides is 1. The van der Waals surface area contributed by atoms with Crippen molar-refractivity contribution in [2.75, 3.05) is 27.2 Å². The highest BCUT2D eigenvalue weighted by molar-refractivity contribution is 6.17. The minimum absolute atomic E-state index is 0.398. The lowest BCUT2D eigenvalue weighted by atomic mass is 10.1. The summed E-state index contributed by atoms with van der Waals surface area (Å²) in [5.41, 5.74) is 0.843. The van der Waals surface area contributed by atoms with Gasteiger partial charge >= 0.3 is 0 Å². The number of rotatable bonds is 5. The molecule has 0 saturated carbocycles. The molecule has 0 spiro atoms. The van der Waals surface area contributed by atoms with Crippen molar-refractivity contribution in [3.63, 3.8) is 0 Å². The SMILES string of the molecule is CN(C)CCOc1nc(CCl)cc2ccccc12. The van der Waals surface area contributed by atoms with E-state index < -0.39 is 0 Å². The van der Waals surface area contributed by atoms with Crippen LogP contribution in [0.15, 0.2) is 30.3 Å². The van der Waals surface area contributed by atoms with Crippen LogP contribution < -0.4 is 4.74 Å². The zero-order valence-corrected chi connectivity index (χ0v) is 11.4. The molecule has 0 aliphatic carbocycles. The fourth-order valence-corrected chi connectivity index (χ4v) is 1.86. The zero-order valence-electron chi connectivity index (χ0n) is 10.7. The number of likely N-dealkylation sites (N-methyl/N-ethyl adjacent to an activating group) is 1. The second kappa shape index (κ2) is 6.03. The van der Waals surface area contributed by atoms with E-state index in [0.717, 1.165) is 23.0 Å². The summed E-state index contributed by atoms with van der Waals surface area (Å²) in [6.07, 6.45) is 0. The van der Waals surface area contributed by atoms with Crippen LogP contribution in [0.5, 0.6) is 5.88 Å². The summed E-state index contributed by atoms with van der Waals surface area (Å²) < 4.78 is 5.76. The normalized spacial score (nSPS) is 11.1. The maximum absolute atomic E-state index is 5.86. The lowest BCUT2D eigenvalue weighted by molar-refractivity contribution is 0.256. The van der Waals surface area contributed by atoms with Crippen LogP contribution >= 0.6 is 11.6 Å². The highest BCUT2D eigenvalue weighted by Gasteiger charge is 2.06. The minimum atomic E-state index is 0.398. The number of halogens is 1. The van der Waals surface area contributed by atoms with Gasteiger partial charge in [-0.3, -0.25) is 0 Å². The Kier molecular flexibility index (Phi) is 4.39. The van der Waals surface area contributed by atoms with E-state index in [-0.39, 0.29) is 0 Å². The lowest BCUT2D eigenvalue weighted by Gasteiger charge is -2.12. The van der Waals surface area contributed by atoms with Gasteiger partial charge in [0.2, 0.25) is 5.88 Å². The first-order valence-corrected chi connectivity index (χ1v) is 6.46. The maximum atomic E-state index is 5.86. The number of pyridine rings is 1. The van der Waals surface area contributed by atoms with Gasteiger partial charge < -0.3 is 9.64 Å². The summed E-state index contributed by atoms with van der Waals surface area (Å²) in [5, 5.41) is 2.15. The molecule has 0 unspecified atom stereocenters. The Labute approximate surface area is 112 Å². The number of aromatic nitrogens is 1. The van der Waals surface area contributed by atoms with Crippen molar-refractivity contribution in [3.05, 3.63) is 36.0 Å². The van der Waals surface area contributed by atoms with Gasteiger partial charge in [0.25, 0.3) is 0 Å². The average molecular weight is 265 g/mol. The number of fused-ring (bicyclic) bond motifs is 1. The van der Waals surface area contributed by atoms with Gasteiger partial charge in [-0.05, 0) is 31.6 Å². The van der Waals surface area contributed by atoms with Crippen LogP contribution in [0.1, 0.15) is 5.69 Å². The minimum Gasteiger partial charge on any atom is -0.476 e. The third kappa shape index (κ3) is 3.12. The Hall–Kier alpha value is -1.32. The fourth-order valence-electron chi connectivity index (χ4n) is 1.72. The number of ether oxygens (including phenoxy) is 1. The molecule has 3 nitrogen and oxygen atoms in total. The van der Waals surface area contributed by atoms with E-state index in [4.69, 9.17) is 16.3 Å². The molecule has 0 aliphatic rings. The molecule has 0 N–H and O–H groups in total. The van der Waals surface area contributed by atoms with Crippen LogP contribution in [-0.2, 0) is 5.88 Å². The number of benzene rings is 1. The molecule has 0 atom stereocenters. The summed E-state index contributed by atoms with van der Waals surface area (Å²) in [6, 6.07) is 10.1. The summed E-state index contributed by atoms with van der Waals surface area (Å²) in [4.78, 5) is 6.52. The van der Waals surface area contributed by atoms with Crippen LogP contribution in [0, 0.1) is 0 Å². The van der Waals surface area contributed by atoms with Crippen LogP contribution in [0.25, 0.3) is 10.8 Å². The van der Waals surface area contributed by atoms with Gasteiger partial charge in [-0.2, -0.15) is 0 Å². The molecule has 2 rings (SSSR count). The monoisotopic (exact) mass is 264 g/mol. The molecule has 0 bridgehead atoms. The Morgan fingerprint density at radius 3 is 2.78 bits per heavy atom. The Bertz CT molecular complexity index is 528. The molecule has 2 aromatic rings. The summed E-state index contributed by atoms with van der Waals surface area (Å²) in [7, 11) is 4.04. The van der Waals surface area contributed by atoms with E-state index in [0.29, 0.717) is 18.4 Å². The quantitative estimate of drug-likeness (QED) is 0.777. The smallest absolute Gasteiger partial charge is 0.221 e. The molecule has 0 aliphatic heterocycles. The second-order valence-electron chi connectivity index (χ2n) is 4.43. The van der Waals surface area contributed by atoms with E-state index in [1.165, 1.54) is 0 Å². The Balaban J connectivity index is 2.29. The van der Waals surface area contributed by atoms with Gasteiger partial charge in [0, 0.05) is 11.9 Å². The van der Waals surface area contributed by atoms with E-state index in [9.17, 15) is 0 Å². The second-order valence-corrected chi connectivity index (χ2v) is 4.69. The highest BCUT2D eigenvalue weighted by Crippen LogP contribution is 2.25. The van der Waals surface area contributed by atoms with Gasteiger partial charge in [-0.15, -0.1) is 11.6 Å². The standard InChI is InChI=1S/C14H17ClN2O/c1-17(2)7-8-18-14-13-6-4-3-5-11(13)9-12(10-15)16-14/h3-6,9H,7-8,10H2,1-2H3. The first-order chi connectivity index (χ1) is 8.70. The summed E-state index contributed by atoms with van der Waals surface area (Å²) in [5.74, 6) is 1.07. The van der Waals surface area contributed by atoms with E-state index in [1.54, 1.807) is 0 Å². The highest BCUT2D eigenvalue weighted by atomic mass is 35.5. The van der Waals surface area contributed by atoms with Crippen LogP contribution in [0.2, 0.25) is 0 Å². The Morgan fingerprint density at radius 2 is 2.06 bits per heavy atom. The predicted molar refractivity (Wildman–Crippen MR) is 75.3 cm³/mol. The molecule has 0 radical (unpaired) electrons. The molecule has 96 valence electrons. The van der Waals surface area contributed by atoms with Crippen molar-refractivity contribution in [2.45, 2.75) is 5.88 Å². The average Bonchev–Trinajstić information content (AvgIpc) is 2.38. The van der Waals surface area contributed by atoms with E-state index >= 15 is 0 Å². The third-order valence-corrected chi connectivity index (χ3v) is 2.95. The lowest BCUT2D eigenvalue weighted by Crippen LogP contribution is -2.19. The maximum Gasteiger partial charge on any atom is 0.221 e. The molecule has 1 aromatic heterocycles. The molecule has 0 amide bonds. The zero-order chi connectivity index (χ0) is 13.0. The number of hydrogen-bond donors (Lipinski definition) is 0. The molecular weight excluding hydrogens is 248 g/mol. The number of nitrogens with zero attached hydrogens (tertiary/aromatic N) is 2. The first kappa shape index (κ1) is 13.1. The van der Waals surface area contributed by atoms with E-state index in [1.807, 2.05) is 44.4 Å². The van der Waals surface area contributed by atoms with Gasteiger partial charge in [-0.1, -0.05) is 18.2 Å². The van der Waals surface area contributed by atoms with Gasteiger partial charge in [0.05, 0.1) is 11.6 Å². The first-order valence-electron chi connectivity index (χ1n) is 5.93. The van der Waals surface area contributed by atoms with Crippen molar-refractivity contribution < 1.29 is 4.74 Å². The molecular formula is C14H17ClN2O. The van der Waals surface area contributed by atoms with Crippen LogP contribution in [0.3, 0.4) is 0 Å². The molecule has 0 saturated heterocycles. The van der Waals surface area contributed by atoms with Crippen molar-refractivity contribution in [3.8, 4) is 5.88 Å². The molecule has 0 fully saturated rings. The molecule has 18 heavy (non-hydrogen) atoms. The largest absolute Gasteiger partial charge is 0.476 e. The van der Waals surface area contributed by atoms with E-state index in [2.05, 4.69) is 9.88 Å². The van der Waals surface area contributed by atoms with Crippen molar-refractivity contribution in [1.82, 2.24) is 9.88 Å². The van der Waals surface area contributed by atoms with Gasteiger partial charge in [0.1, 0.15) is 6.61 Å². The van der Waals surface area contributed by atoms with Crippen LogP contribution in [-0.4, -0.2) is 37.1 Å². The molecule has 4 heteroatoms. The number of hydrogen-bond acceptors (Lipinski definition) is 3. The van der Waals surface area contributed by atoms with Crippen molar-refractivity contribution >= 4 is 22.4 Å². The summed E-state index contributed by atoms with van der Waals surface area (Å²) in [6.45, 7) is 1.48. The molecule has 1 aromatic carbocycles. The van der Waals surface area contributed by atoms with Crippen molar-refractivity contribution in [2.24, 2.45) is 0 Å². The fraction of sp³-hybridized carbons (Fsp3) is 0.357. The van der Waals surface area contributed by atoms with Gasteiger partial charge in [0.15, 0.2) is 0 Å². The van der Waals surface area contributed by atoms with Crippen molar-refractivity contribution in [1.29, 1.82) is 0 Å². The third-order valence-electron chi connectivity index (χ3n) is 2.67. The van der Waals surface area contributed by atoms with Gasteiger partial charge in [-0.25, -0.2) is 4.98 Å². The molecule has 1 heterocycles. The van der Waals surface area contributed by atoms with Crippen LogP contribution in [0.4, 0.5) is 0 Å². The summed E-state index contributed by atoms with van der Waals surface area (Å²) >= 11 is 5.86.